The van der Waals surface area contributed by atoms with E-state index in [1.807, 2.05) is 45.0 Å². The van der Waals surface area contributed by atoms with Gasteiger partial charge in [0.1, 0.15) is 18.5 Å². The minimum absolute atomic E-state index is 0.184. The van der Waals surface area contributed by atoms with Gasteiger partial charge in [0.2, 0.25) is 0 Å². The Hall–Kier alpha value is -2.42. The van der Waals surface area contributed by atoms with Crippen molar-refractivity contribution in [3.05, 3.63) is 30.3 Å². The lowest BCUT2D eigenvalue weighted by molar-refractivity contribution is 0.105. The second-order valence-corrected chi connectivity index (χ2v) is 6.22. The van der Waals surface area contributed by atoms with Crippen LogP contribution in [0.5, 0.6) is 5.75 Å². The van der Waals surface area contributed by atoms with E-state index in [0.717, 1.165) is 17.8 Å². The fraction of sp³-hybridized carbons (Fsp3) is 0.444. The Bertz CT molecular complexity index is 678. The third kappa shape index (κ3) is 5.83. The molecule has 1 unspecified atom stereocenters. The van der Waals surface area contributed by atoms with Gasteiger partial charge in [-0.05, 0) is 37.3 Å². The molecule has 8 nitrogen and oxygen atoms in total. The summed E-state index contributed by atoms with van der Waals surface area (Å²) in [6.07, 6.45) is -0.603. The quantitative estimate of drug-likeness (QED) is 0.320. The molecule has 0 aliphatic rings. The third-order valence-electron chi connectivity index (χ3n) is 3.64. The number of benzene rings is 1. The van der Waals surface area contributed by atoms with Crippen molar-refractivity contribution in [1.29, 1.82) is 0 Å². The van der Waals surface area contributed by atoms with Crippen molar-refractivity contribution >= 4 is 11.5 Å². The second kappa shape index (κ2) is 9.91. The summed E-state index contributed by atoms with van der Waals surface area (Å²) in [5, 5.41) is 24.7. The van der Waals surface area contributed by atoms with Crippen molar-refractivity contribution in [2.45, 2.75) is 32.9 Å². The number of nitrogens with two attached hydrogens (primary N) is 1. The lowest BCUT2D eigenvalue weighted by atomic mass is 10.1. The topological polar surface area (TPSA) is 117 Å². The number of hydrazine groups is 1. The van der Waals surface area contributed by atoms with Crippen LogP contribution in [0.2, 0.25) is 0 Å². The molecule has 0 fully saturated rings. The highest BCUT2D eigenvalue weighted by molar-refractivity contribution is 5.72. The van der Waals surface area contributed by atoms with E-state index >= 15 is 0 Å². The van der Waals surface area contributed by atoms with Crippen molar-refractivity contribution < 1.29 is 9.84 Å². The fourth-order valence-electron chi connectivity index (χ4n) is 2.34. The molecule has 142 valence electrons. The Morgan fingerprint density at radius 3 is 2.62 bits per heavy atom. The van der Waals surface area contributed by atoms with E-state index in [0.29, 0.717) is 29.8 Å². The maximum Gasteiger partial charge on any atom is 0.162 e. The molecule has 0 amide bonds. The first-order valence-corrected chi connectivity index (χ1v) is 8.76. The van der Waals surface area contributed by atoms with Gasteiger partial charge in [0.05, 0.1) is 5.69 Å². The molecule has 0 radical (unpaired) electrons. The van der Waals surface area contributed by atoms with Crippen LogP contribution < -0.4 is 26.6 Å². The second-order valence-electron chi connectivity index (χ2n) is 6.22. The van der Waals surface area contributed by atoms with Crippen LogP contribution in [0.3, 0.4) is 0 Å². The first-order chi connectivity index (χ1) is 12.5. The zero-order valence-electron chi connectivity index (χ0n) is 15.5. The van der Waals surface area contributed by atoms with Gasteiger partial charge < -0.3 is 25.9 Å². The molecule has 1 aromatic heterocycles. The molecule has 1 aromatic carbocycles. The Labute approximate surface area is 154 Å². The van der Waals surface area contributed by atoms with Crippen molar-refractivity contribution in [1.82, 2.24) is 15.5 Å². The van der Waals surface area contributed by atoms with Crippen molar-refractivity contribution in [3.63, 3.8) is 0 Å². The monoisotopic (exact) mass is 360 g/mol. The molecule has 0 saturated heterocycles. The van der Waals surface area contributed by atoms with Crippen LogP contribution in [-0.4, -0.2) is 47.1 Å². The molecule has 0 aliphatic heterocycles. The number of nitrogens with one attached hydrogen (secondary N) is 3. The molecule has 0 saturated carbocycles. The number of ether oxygens (including phenoxy) is 1. The molecule has 0 aliphatic carbocycles. The summed E-state index contributed by atoms with van der Waals surface area (Å²) in [5.41, 5.74) is 4.87. The van der Waals surface area contributed by atoms with E-state index in [4.69, 9.17) is 10.6 Å². The first kappa shape index (κ1) is 19.9. The Morgan fingerprint density at radius 2 is 2.00 bits per heavy atom. The average molecular weight is 360 g/mol. The van der Waals surface area contributed by atoms with E-state index in [1.165, 1.54) is 0 Å². The largest absolute Gasteiger partial charge is 0.490 e. The van der Waals surface area contributed by atoms with Gasteiger partial charge in [-0.3, -0.25) is 0 Å². The predicted molar refractivity (Wildman–Crippen MR) is 104 cm³/mol. The molecule has 0 spiro atoms. The maximum absolute atomic E-state index is 10.1. The van der Waals surface area contributed by atoms with Gasteiger partial charge in [0, 0.05) is 30.4 Å². The zero-order valence-corrected chi connectivity index (χ0v) is 15.5. The number of hydrogen-bond donors (Lipinski definition) is 5. The number of aliphatic hydroxyl groups excluding tert-OH is 1. The summed E-state index contributed by atoms with van der Waals surface area (Å²) in [6.45, 7) is 7.56. The van der Waals surface area contributed by atoms with Crippen molar-refractivity contribution in [2.75, 3.05) is 30.4 Å². The number of nitrogen functional groups attached to an aromatic ring is 1. The number of hydrogen-bond acceptors (Lipinski definition) is 8. The summed E-state index contributed by atoms with van der Waals surface area (Å²) >= 11 is 0. The number of aliphatic hydroxyl groups is 1. The molecule has 2 aromatic rings. The summed E-state index contributed by atoms with van der Waals surface area (Å²) in [7, 11) is 0. The molecule has 0 bridgehead atoms. The maximum atomic E-state index is 10.1. The van der Waals surface area contributed by atoms with Crippen LogP contribution in [-0.2, 0) is 0 Å². The highest BCUT2D eigenvalue weighted by Crippen LogP contribution is 2.31. The Balaban J connectivity index is 2.18. The summed E-state index contributed by atoms with van der Waals surface area (Å²) < 4.78 is 5.85. The molecule has 2 rings (SSSR count). The van der Waals surface area contributed by atoms with Gasteiger partial charge in [-0.25, -0.2) is 5.84 Å². The molecule has 6 N–H and O–H groups in total. The smallest absolute Gasteiger partial charge is 0.162 e. The van der Waals surface area contributed by atoms with E-state index in [9.17, 15) is 5.11 Å². The molecule has 8 heteroatoms. The van der Waals surface area contributed by atoms with Gasteiger partial charge in [-0.15, -0.1) is 10.2 Å². The molecule has 1 atom stereocenters. The van der Waals surface area contributed by atoms with Crippen LogP contribution in [0.15, 0.2) is 30.3 Å². The summed E-state index contributed by atoms with van der Waals surface area (Å²) in [4.78, 5) is 0. The van der Waals surface area contributed by atoms with E-state index in [2.05, 4.69) is 26.3 Å². The Morgan fingerprint density at radius 1 is 1.19 bits per heavy atom. The highest BCUT2D eigenvalue weighted by atomic mass is 16.5. The average Bonchev–Trinajstić information content (AvgIpc) is 2.65. The lowest BCUT2D eigenvalue weighted by Crippen LogP contribution is -2.35. The normalized spacial score (nSPS) is 12.1. The number of aromatic nitrogens is 2. The highest BCUT2D eigenvalue weighted by Gasteiger charge is 2.13. The molecule has 1 heterocycles. The van der Waals surface area contributed by atoms with E-state index in [-0.39, 0.29) is 6.61 Å². The SMILES string of the molecule is CCNc1ccc(OCC(O)CNC(C)C)c(-c2ccc(NN)nn2)c1. The standard InChI is InChI=1S/C18H28N6O2/c1-4-20-13-5-7-17(26-11-14(25)10-21-12(2)3)15(9-13)16-6-8-18(22-19)24-23-16/h5-9,12,14,20-21,25H,4,10-11,19H2,1-3H3,(H,22,24). The van der Waals surface area contributed by atoms with Crippen LogP contribution in [0.25, 0.3) is 11.3 Å². The minimum atomic E-state index is -0.603. The van der Waals surface area contributed by atoms with Gasteiger partial charge in [0.15, 0.2) is 5.82 Å². The van der Waals surface area contributed by atoms with E-state index < -0.39 is 6.10 Å². The van der Waals surface area contributed by atoms with Gasteiger partial charge in [0.25, 0.3) is 0 Å². The van der Waals surface area contributed by atoms with Crippen LogP contribution >= 0.6 is 0 Å². The first-order valence-electron chi connectivity index (χ1n) is 8.76. The number of nitrogens with zero attached hydrogens (tertiary/aromatic N) is 2. The number of anilines is 2. The summed E-state index contributed by atoms with van der Waals surface area (Å²) in [5.74, 6) is 6.46. The lowest BCUT2D eigenvalue weighted by Gasteiger charge is -2.17. The molecular weight excluding hydrogens is 332 g/mol. The van der Waals surface area contributed by atoms with Crippen LogP contribution in [0.1, 0.15) is 20.8 Å². The zero-order chi connectivity index (χ0) is 18.9. The predicted octanol–water partition coefficient (Wildman–Crippen LogP) is 1.60. The van der Waals surface area contributed by atoms with Crippen LogP contribution in [0.4, 0.5) is 11.5 Å². The van der Waals surface area contributed by atoms with E-state index in [1.54, 1.807) is 6.07 Å². The summed E-state index contributed by atoms with van der Waals surface area (Å²) in [6, 6.07) is 9.63. The molecular formula is C18H28N6O2. The fourth-order valence-corrected chi connectivity index (χ4v) is 2.34. The van der Waals surface area contributed by atoms with Crippen molar-refractivity contribution in [3.8, 4) is 17.0 Å². The van der Waals surface area contributed by atoms with Gasteiger partial charge in [-0.1, -0.05) is 13.8 Å². The Kier molecular flexibility index (Phi) is 7.58. The minimum Gasteiger partial charge on any atom is -0.490 e. The number of rotatable bonds is 10. The molecule has 26 heavy (non-hydrogen) atoms. The van der Waals surface area contributed by atoms with Crippen molar-refractivity contribution in [2.24, 2.45) is 5.84 Å². The van der Waals surface area contributed by atoms with Crippen LogP contribution in [0, 0.1) is 0 Å². The van der Waals surface area contributed by atoms with Gasteiger partial charge in [-0.2, -0.15) is 0 Å². The van der Waals surface area contributed by atoms with Gasteiger partial charge >= 0.3 is 0 Å². The third-order valence-corrected chi connectivity index (χ3v) is 3.64.